The zero-order chi connectivity index (χ0) is 21.7. The number of aromatic nitrogens is 1. The van der Waals surface area contributed by atoms with Gasteiger partial charge < -0.3 is 14.5 Å². The Bertz CT molecular complexity index is 830. The quantitative estimate of drug-likeness (QED) is 0.703. The monoisotopic (exact) mass is 421 g/mol. The number of pyridine rings is 1. The summed E-state index contributed by atoms with van der Waals surface area (Å²) in [6.45, 7) is 4.09. The van der Waals surface area contributed by atoms with Crippen LogP contribution in [0, 0.1) is 12.8 Å². The van der Waals surface area contributed by atoms with Gasteiger partial charge in [0.2, 0.25) is 5.91 Å². The Hall–Kier alpha value is -2.77. The average molecular weight is 421 g/mol. The molecule has 162 valence electrons. The minimum absolute atomic E-state index is 0.0718. The lowest BCUT2D eigenvalue weighted by Crippen LogP contribution is -2.42. The van der Waals surface area contributed by atoms with Crippen LogP contribution < -0.4 is 9.64 Å². The largest absolute Gasteiger partial charge is 0.492 e. The third-order valence-corrected chi connectivity index (χ3v) is 5.34. The molecule has 0 N–H and O–H groups in total. The number of aryl methyl sites for hydroxylation is 1. The van der Waals surface area contributed by atoms with Crippen LogP contribution in [0.5, 0.6) is 5.75 Å². The summed E-state index contributed by atoms with van der Waals surface area (Å²) in [4.78, 5) is 20.2. The normalized spacial score (nSPS) is 15.2. The highest BCUT2D eigenvalue weighted by molar-refractivity contribution is 5.78. The molecule has 0 saturated carbocycles. The number of hydrogen-bond acceptors (Lipinski definition) is 4. The maximum atomic E-state index is 12.7. The van der Waals surface area contributed by atoms with E-state index in [0.717, 1.165) is 23.6 Å². The van der Waals surface area contributed by atoms with Crippen molar-refractivity contribution in [2.24, 2.45) is 5.92 Å². The first-order valence-corrected chi connectivity index (χ1v) is 9.96. The number of alkyl halides is 3. The molecule has 3 rings (SSSR count). The fourth-order valence-corrected chi connectivity index (χ4v) is 3.45. The van der Waals surface area contributed by atoms with E-state index in [0.29, 0.717) is 44.9 Å². The lowest BCUT2D eigenvalue weighted by atomic mass is 9.95. The van der Waals surface area contributed by atoms with Crippen molar-refractivity contribution in [3.8, 4) is 5.75 Å². The number of likely N-dealkylation sites (N-methyl/N-ethyl adjacent to an activating group) is 1. The molecule has 0 spiro atoms. The van der Waals surface area contributed by atoms with Crippen molar-refractivity contribution in [3.63, 3.8) is 0 Å². The summed E-state index contributed by atoms with van der Waals surface area (Å²) in [5, 5.41) is 0. The Morgan fingerprint density at radius 2 is 1.83 bits per heavy atom. The second-order valence-electron chi connectivity index (χ2n) is 7.59. The molecule has 0 radical (unpaired) electrons. The number of piperidine rings is 1. The van der Waals surface area contributed by atoms with E-state index in [4.69, 9.17) is 4.74 Å². The van der Waals surface area contributed by atoms with Crippen molar-refractivity contribution in [3.05, 3.63) is 53.7 Å². The first kappa shape index (κ1) is 21.9. The summed E-state index contributed by atoms with van der Waals surface area (Å²) < 4.78 is 43.7. The van der Waals surface area contributed by atoms with Gasteiger partial charge in [-0.15, -0.1) is 0 Å². The summed E-state index contributed by atoms with van der Waals surface area (Å²) in [6, 6.07) is 10.2. The van der Waals surface area contributed by atoms with Crippen LogP contribution in [0.3, 0.4) is 0 Å². The van der Waals surface area contributed by atoms with Gasteiger partial charge in [-0.3, -0.25) is 4.79 Å². The number of nitrogens with zero attached hydrogens (tertiary/aromatic N) is 3. The van der Waals surface area contributed by atoms with Gasteiger partial charge in [0.05, 0.1) is 12.1 Å². The molecular weight excluding hydrogens is 395 g/mol. The number of hydrogen-bond donors (Lipinski definition) is 0. The summed E-state index contributed by atoms with van der Waals surface area (Å²) in [5.74, 6) is 1.26. The Labute approximate surface area is 174 Å². The van der Waals surface area contributed by atoms with Gasteiger partial charge in [0.25, 0.3) is 0 Å². The minimum atomic E-state index is -4.39. The number of amides is 1. The van der Waals surface area contributed by atoms with Crippen LogP contribution in [0.1, 0.15) is 24.0 Å². The van der Waals surface area contributed by atoms with Gasteiger partial charge in [-0.1, -0.05) is 17.7 Å². The van der Waals surface area contributed by atoms with E-state index >= 15 is 0 Å². The van der Waals surface area contributed by atoms with Crippen LogP contribution in [0.4, 0.5) is 19.0 Å². The number of anilines is 1. The van der Waals surface area contributed by atoms with Crippen LogP contribution in [-0.4, -0.2) is 49.1 Å². The molecule has 0 unspecified atom stereocenters. The van der Waals surface area contributed by atoms with Gasteiger partial charge in [0.15, 0.2) is 0 Å². The number of carbonyl (C=O) groups excluding carboxylic acids is 1. The number of benzene rings is 1. The molecule has 1 aliphatic rings. The molecule has 0 bridgehead atoms. The van der Waals surface area contributed by atoms with E-state index in [1.165, 1.54) is 6.07 Å². The van der Waals surface area contributed by atoms with Crippen LogP contribution >= 0.6 is 0 Å². The SMILES string of the molecule is Cc1ccc(OCCN(C)C(=O)C2CCN(c3ccc(C(F)(F)F)cn3)CC2)cc1. The van der Waals surface area contributed by atoms with E-state index in [2.05, 4.69) is 4.98 Å². The Morgan fingerprint density at radius 3 is 2.40 bits per heavy atom. The van der Waals surface area contributed by atoms with Crippen molar-refractivity contribution in [2.75, 3.05) is 38.2 Å². The van der Waals surface area contributed by atoms with E-state index in [-0.39, 0.29) is 11.8 Å². The van der Waals surface area contributed by atoms with Crippen molar-refractivity contribution in [1.82, 2.24) is 9.88 Å². The molecule has 2 aromatic rings. The topological polar surface area (TPSA) is 45.7 Å². The zero-order valence-electron chi connectivity index (χ0n) is 17.2. The third kappa shape index (κ3) is 5.64. The maximum Gasteiger partial charge on any atom is 0.417 e. The first-order chi connectivity index (χ1) is 14.2. The molecule has 0 atom stereocenters. The smallest absolute Gasteiger partial charge is 0.417 e. The van der Waals surface area contributed by atoms with Crippen LogP contribution in [0.15, 0.2) is 42.6 Å². The average Bonchev–Trinajstić information content (AvgIpc) is 2.74. The fourth-order valence-electron chi connectivity index (χ4n) is 3.45. The number of carbonyl (C=O) groups is 1. The van der Waals surface area contributed by atoms with Gasteiger partial charge in [-0.25, -0.2) is 4.98 Å². The Morgan fingerprint density at radius 1 is 1.17 bits per heavy atom. The van der Waals surface area contributed by atoms with Crippen molar-refractivity contribution >= 4 is 11.7 Å². The highest BCUT2D eigenvalue weighted by atomic mass is 19.4. The number of rotatable bonds is 6. The van der Waals surface area contributed by atoms with Crippen molar-refractivity contribution in [2.45, 2.75) is 25.9 Å². The van der Waals surface area contributed by atoms with E-state index in [9.17, 15) is 18.0 Å². The lowest BCUT2D eigenvalue weighted by Gasteiger charge is -2.34. The fraction of sp³-hybridized carbons (Fsp3) is 0.455. The molecule has 1 saturated heterocycles. The molecule has 1 amide bonds. The number of halogens is 3. The van der Waals surface area contributed by atoms with Crippen molar-refractivity contribution < 1.29 is 22.7 Å². The standard InChI is InChI=1S/C22H26F3N3O2/c1-16-3-6-19(7-4-16)30-14-13-27(2)21(29)17-9-11-28(12-10-17)20-8-5-18(15-26-20)22(23,24)25/h3-8,15,17H,9-14H2,1-2H3. The predicted molar refractivity (Wildman–Crippen MR) is 108 cm³/mol. The molecule has 1 aliphatic heterocycles. The van der Waals surface area contributed by atoms with Gasteiger partial charge in [-0.05, 0) is 44.0 Å². The molecule has 2 heterocycles. The Kier molecular flexibility index (Phi) is 6.84. The van der Waals surface area contributed by atoms with E-state index < -0.39 is 11.7 Å². The van der Waals surface area contributed by atoms with E-state index in [1.807, 2.05) is 36.1 Å². The summed E-state index contributed by atoms with van der Waals surface area (Å²) in [6.07, 6.45) is -2.25. The van der Waals surface area contributed by atoms with Crippen LogP contribution in [0.2, 0.25) is 0 Å². The van der Waals surface area contributed by atoms with Gasteiger partial charge in [-0.2, -0.15) is 13.2 Å². The highest BCUT2D eigenvalue weighted by Crippen LogP contribution is 2.30. The Balaban J connectivity index is 1.44. The first-order valence-electron chi connectivity index (χ1n) is 9.96. The number of ether oxygens (including phenoxy) is 1. The molecule has 5 nitrogen and oxygen atoms in total. The minimum Gasteiger partial charge on any atom is -0.492 e. The molecular formula is C22H26F3N3O2. The van der Waals surface area contributed by atoms with Gasteiger partial charge in [0.1, 0.15) is 18.2 Å². The van der Waals surface area contributed by atoms with Crippen molar-refractivity contribution in [1.29, 1.82) is 0 Å². The maximum absolute atomic E-state index is 12.7. The molecule has 0 aliphatic carbocycles. The van der Waals surface area contributed by atoms with Crippen LogP contribution in [0.25, 0.3) is 0 Å². The molecule has 1 aromatic carbocycles. The second-order valence-corrected chi connectivity index (χ2v) is 7.59. The summed E-state index contributed by atoms with van der Waals surface area (Å²) in [5.41, 5.74) is 0.401. The third-order valence-electron chi connectivity index (χ3n) is 5.34. The van der Waals surface area contributed by atoms with E-state index in [1.54, 1.807) is 11.9 Å². The summed E-state index contributed by atoms with van der Waals surface area (Å²) >= 11 is 0. The second kappa shape index (κ2) is 9.36. The lowest BCUT2D eigenvalue weighted by molar-refractivity contribution is -0.138. The molecule has 30 heavy (non-hydrogen) atoms. The highest BCUT2D eigenvalue weighted by Gasteiger charge is 2.32. The van der Waals surface area contributed by atoms with Gasteiger partial charge in [0, 0.05) is 32.3 Å². The molecule has 8 heteroatoms. The predicted octanol–water partition coefficient (Wildman–Crippen LogP) is 4.16. The van der Waals surface area contributed by atoms with Crippen LogP contribution in [-0.2, 0) is 11.0 Å². The summed E-state index contributed by atoms with van der Waals surface area (Å²) in [7, 11) is 1.77. The molecule has 1 aromatic heterocycles. The zero-order valence-corrected chi connectivity index (χ0v) is 17.2. The van der Waals surface area contributed by atoms with Gasteiger partial charge >= 0.3 is 6.18 Å². The molecule has 1 fully saturated rings.